The summed E-state index contributed by atoms with van der Waals surface area (Å²) in [7, 11) is 2.68. The molecule has 1 rings (SSSR count). The van der Waals surface area contributed by atoms with Crippen molar-refractivity contribution in [1.82, 2.24) is 5.06 Å². The molecule has 1 unspecified atom stereocenters. The Morgan fingerprint density at radius 3 is 2.35 bits per heavy atom. The van der Waals surface area contributed by atoms with Crippen LogP contribution in [0, 0.1) is 0 Å². The number of hydroxylamine groups is 2. The van der Waals surface area contributed by atoms with Gasteiger partial charge < -0.3 is 9.84 Å². The third kappa shape index (κ3) is 5.06. The maximum Gasteiger partial charge on any atom is 0.573 e. The second-order valence-corrected chi connectivity index (χ2v) is 3.91. The number of carbonyl (C=O) groups excluding carboxylic acids is 1. The summed E-state index contributed by atoms with van der Waals surface area (Å²) in [6.45, 7) is 0. The summed E-state index contributed by atoms with van der Waals surface area (Å²) >= 11 is 0. The van der Waals surface area contributed by atoms with Gasteiger partial charge in [-0.15, -0.1) is 13.2 Å². The van der Waals surface area contributed by atoms with E-state index in [9.17, 15) is 23.1 Å². The lowest BCUT2D eigenvalue weighted by Gasteiger charge is -2.17. The molecule has 1 amide bonds. The Kier molecular flexibility index (Phi) is 5.34. The number of aliphatic hydroxyl groups is 1. The van der Waals surface area contributed by atoms with E-state index in [0.717, 1.165) is 17.2 Å². The van der Waals surface area contributed by atoms with Crippen LogP contribution in [0.1, 0.15) is 18.1 Å². The third-order valence-electron chi connectivity index (χ3n) is 2.49. The summed E-state index contributed by atoms with van der Waals surface area (Å²) in [6.07, 6.45) is -6.15. The number of hydrogen-bond donors (Lipinski definition) is 1. The van der Waals surface area contributed by atoms with Crippen LogP contribution >= 0.6 is 0 Å². The van der Waals surface area contributed by atoms with Crippen LogP contribution in [0.5, 0.6) is 5.75 Å². The average molecular weight is 293 g/mol. The van der Waals surface area contributed by atoms with Gasteiger partial charge in [-0.1, -0.05) is 12.1 Å². The lowest BCUT2D eigenvalue weighted by Crippen LogP contribution is -2.26. The smallest absolute Gasteiger partial charge is 0.406 e. The van der Waals surface area contributed by atoms with E-state index in [-0.39, 0.29) is 6.42 Å². The average Bonchev–Trinajstić information content (AvgIpc) is 2.36. The minimum absolute atomic E-state index is 0.246. The van der Waals surface area contributed by atoms with Crippen molar-refractivity contribution < 1.29 is 32.6 Å². The molecule has 1 N–H and O–H groups in total. The fourth-order valence-electron chi connectivity index (χ4n) is 1.41. The number of halogens is 3. The quantitative estimate of drug-likeness (QED) is 0.844. The SMILES string of the molecule is CON(C)C(=O)CC(O)c1ccc(OC(F)(F)F)cc1. The fraction of sp³-hybridized carbons (Fsp3) is 0.417. The third-order valence-corrected chi connectivity index (χ3v) is 2.49. The Morgan fingerprint density at radius 1 is 1.35 bits per heavy atom. The molecule has 0 aliphatic carbocycles. The number of benzene rings is 1. The molecular formula is C12H14F3NO4. The van der Waals surface area contributed by atoms with E-state index >= 15 is 0 Å². The van der Waals surface area contributed by atoms with Crippen LogP contribution in [0.4, 0.5) is 13.2 Å². The van der Waals surface area contributed by atoms with Crippen LogP contribution in [-0.4, -0.2) is 36.6 Å². The van der Waals surface area contributed by atoms with E-state index in [4.69, 9.17) is 0 Å². The van der Waals surface area contributed by atoms with Crippen molar-refractivity contribution in [2.75, 3.05) is 14.2 Å². The topological polar surface area (TPSA) is 59.0 Å². The van der Waals surface area contributed by atoms with Crippen LogP contribution < -0.4 is 4.74 Å². The molecule has 0 saturated carbocycles. The van der Waals surface area contributed by atoms with Crippen molar-refractivity contribution in [2.24, 2.45) is 0 Å². The molecule has 1 atom stereocenters. The molecule has 112 valence electrons. The van der Waals surface area contributed by atoms with Crippen molar-refractivity contribution in [2.45, 2.75) is 18.9 Å². The molecule has 0 aliphatic rings. The van der Waals surface area contributed by atoms with Crippen LogP contribution in [0.2, 0.25) is 0 Å². The Bertz CT molecular complexity index is 447. The summed E-state index contributed by atoms with van der Waals surface area (Å²) < 4.78 is 39.6. The van der Waals surface area contributed by atoms with E-state index in [1.807, 2.05) is 0 Å². The Labute approximate surface area is 113 Å². The molecule has 0 heterocycles. The van der Waals surface area contributed by atoms with E-state index < -0.39 is 24.1 Å². The van der Waals surface area contributed by atoms with Crippen molar-refractivity contribution in [1.29, 1.82) is 0 Å². The van der Waals surface area contributed by atoms with Gasteiger partial charge in [-0.25, -0.2) is 5.06 Å². The standard InChI is InChI=1S/C12H14F3NO4/c1-16(19-2)11(18)7-10(17)8-3-5-9(6-4-8)20-12(13,14)15/h3-6,10,17H,7H2,1-2H3. The van der Waals surface area contributed by atoms with Crippen molar-refractivity contribution in [3.05, 3.63) is 29.8 Å². The van der Waals surface area contributed by atoms with Gasteiger partial charge in [0.15, 0.2) is 0 Å². The molecule has 0 spiro atoms. The Balaban J connectivity index is 2.66. The van der Waals surface area contributed by atoms with Gasteiger partial charge in [0.2, 0.25) is 5.91 Å². The number of amides is 1. The number of carbonyl (C=O) groups is 1. The van der Waals surface area contributed by atoms with Gasteiger partial charge in [0.1, 0.15) is 5.75 Å². The maximum atomic E-state index is 12.0. The molecule has 0 saturated heterocycles. The molecular weight excluding hydrogens is 279 g/mol. The number of ether oxygens (including phenoxy) is 1. The molecule has 1 aromatic rings. The molecule has 0 aliphatic heterocycles. The van der Waals surface area contributed by atoms with Gasteiger partial charge >= 0.3 is 6.36 Å². The Hall–Kier alpha value is -1.80. The van der Waals surface area contributed by atoms with Gasteiger partial charge in [-0.3, -0.25) is 9.63 Å². The summed E-state index contributed by atoms with van der Waals surface area (Å²) in [6, 6.07) is 4.64. The first-order valence-corrected chi connectivity index (χ1v) is 5.57. The molecule has 0 fully saturated rings. The van der Waals surface area contributed by atoms with Gasteiger partial charge in [0.25, 0.3) is 0 Å². The first-order chi connectivity index (χ1) is 9.23. The van der Waals surface area contributed by atoms with Gasteiger partial charge in [0, 0.05) is 7.05 Å². The van der Waals surface area contributed by atoms with Crippen LogP contribution in [-0.2, 0) is 9.63 Å². The van der Waals surface area contributed by atoms with Crippen molar-refractivity contribution in [3.63, 3.8) is 0 Å². The van der Waals surface area contributed by atoms with Crippen molar-refractivity contribution in [3.8, 4) is 5.75 Å². The molecule has 1 aromatic carbocycles. The highest BCUT2D eigenvalue weighted by molar-refractivity contribution is 5.75. The van der Waals surface area contributed by atoms with E-state index in [2.05, 4.69) is 9.57 Å². The second-order valence-electron chi connectivity index (χ2n) is 3.91. The Morgan fingerprint density at radius 2 is 1.90 bits per heavy atom. The molecule has 0 aromatic heterocycles. The highest BCUT2D eigenvalue weighted by Gasteiger charge is 2.31. The van der Waals surface area contributed by atoms with Crippen molar-refractivity contribution >= 4 is 5.91 Å². The monoisotopic (exact) mass is 293 g/mol. The van der Waals surface area contributed by atoms with E-state index in [0.29, 0.717) is 5.56 Å². The highest BCUT2D eigenvalue weighted by Crippen LogP contribution is 2.25. The predicted molar refractivity (Wildman–Crippen MR) is 62.5 cm³/mol. The largest absolute Gasteiger partial charge is 0.573 e. The lowest BCUT2D eigenvalue weighted by atomic mass is 10.1. The zero-order chi connectivity index (χ0) is 15.3. The first kappa shape index (κ1) is 16.3. The molecule has 0 radical (unpaired) electrons. The number of rotatable bonds is 5. The van der Waals surface area contributed by atoms with Gasteiger partial charge in [-0.05, 0) is 17.7 Å². The number of alkyl halides is 3. The minimum atomic E-state index is -4.77. The fourth-order valence-corrected chi connectivity index (χ4v) is 1.41. The molecule has 0 bridgehead atoms. The molecule has 8 heteroatoms. The second kappa shape index (κ2) is 6.58. The number of aliphatic hydroxyl groups excluding tert-OH is 1. The molecule has 5 nitrogen and oxygen atoms in total. The van der Waals surface area contributed by atoms with Gasteiger partial charge in [-0.2, -0.15) is 0 Å². The number of hydrogen-bond acceptors (Lipinski definition) is 4. The summed E-state index contributed by atoms with van der Waals surface area (Å²) in [5.74, 6) is -0.857. The van der Waals surface area contributed by atoms with Crippen LogP contribution in [0.25, 0.3) is 0 Å². The normalized spacial score (nSPS) is 12.9. The summed E-state index contributed by atoms with van der Waals surface area (Å²) in [5, 5.41) is 10.7. The van der Waals surface area contributed by atoms with E-state index in [1.54, 1.807) is 0 Å². The molecule has 20 heavy (non-hydrogen) atoms. The van der Waals surface area contributed by atoms with E-state index in [1.165, 1.54) is 26.3 Å². The zero-order valence-corrected chi connectivity index (χ0v) is 10.8. The predicted octanol–water partition coefficient (Wildman–Crippen LogP) is 2.03. The van der Waals surface area contributed by atoms with Crippen LogP contribution in [0.3, 0.4) is 0 Å². The highest BCUT2D eigenvalue weighted by atomic mass is 19.4. The minimum Gasteiger partial charge on any atom is -0.406 e. The first-order valence-electron chi connectivity index (χ1n) is 5.57. The summed E-state index contributed by atoms with van der Waals surface area (Å²) in [4.78, 5) is 16.1. The zero-order valence-electron chi connectivity index (χ0n) is 10.8. The lowest BCUT2D eigenvalue weighted by molar-refractivity contribution is -0.274. The summed E-state index contributed by atoms with van der Waals surface area (Å²) in [5.41, 5.74) is 0.303. The van der Waals surface area contributed by atoms with Gasteiger partial charge in [0.05, 0.1) is 19.6 Å². The van der Waals surface area contributed by atoms with Crippen LogP contribution in [0.15, 0.2) is 24.3 Å². The maximum absolute atomic E-state index is 12.0. The number of nitrogens with zero attached hydrogens (tertiary/aromatic N) is 1.